The Morgan fingerprint density at radius 1 is 1.45 bits per heavy atom. The molecule has 0 radical (unpaired) electrons. The highest BCUT2D eigenvalue weighted by Crippen LogP contribution is 1.98. The fourth-order valence-electron chi connectivity index (χ4n) is 0.599. The van der Waals surface area contributed by atoms with Crippen molar-refractivity contribution in [3.8, 4) is 0 Å². The average Bonchev–Trinajstić information content (AvgIpc) is 1.87. The minimum absolute atomic E-state index is 0.339. The highest BCUT2D eigenvalue weighted by atomic mass is 16.5. The van der Waals surface area contributed by atoms with E-state index in [0.717, 1.165) is 6.92 Å². The van der Waals surface area contributed by atoms with E-state index in [4.69, 9.17) is 14.6 Å². The van der Waals surface area contributed by atoms with Gasteiger partial charge in [0.2, 0.25) is 0 Å². The first-order valence-corrected chi connectivity index (χ1v) is 3.42. The summed E-state index contributed by atoms with van der Waals surface area (Å²) >= 11 is 0. The van der Waals surface area contributed by atoms with Crippen LogP contribution in [0.4, 0.5) is 0 Å². The van der Waals surface area contributed by atoms with Gasteiger partial charge < -0.3 is 9.84 Å². The van der Waals surface area contributed by atoms with Crippen LogP contribution in [-0.4, -0.2) is 30.1 Å². The van der Waals surface area contributed by atoms with Gasteiger partial charge in [0.25, 0.3) is 5.97 Å². The molecule has 0 amide bonds. The topological polar surface area (TPSA) is 63.6 Å². The van der Waals surface area contributed by atoms with Crippen LogP contribution in [0.3, 0.4) is 0 Å². The summed E-state index contributed by atoms with van der Waals surface area (Å²) in [5.74, 6) is -0.494. The van der Waals surface area contributed by atoms with E-state index in [0.29, 0.717) is 31.8 Å². The molecule has 1 saturated heterocycles. The van der Waals surface area contributed by atoms with Crippen LogP contribution in [0.2, 0.25) is 0 Å². The molecular weight excluding hydrogens is 148 g/mol. The summed E-state index contributed by atoms with van der Waals surface area (Å²) in [5.41, 5.74) is 0. The van der Waals surface area contributed by atoms with Gasteiger partial charge >= 0.3 is 0 Å². The highest BCUT2D eigenvalue weighted by Gasteiger charge is 2.06. The molecule has 4 heteroatoms. The van der Waals surface area contributed by atoms with Crippen molar-refractivity contribution < 1.29 is 19.4 Å². The molecule has 1 aliphatic rings. The lowest BCUT2D eigenvalue weighted by Crippen LogP contribution is -2.14. The van der Waals surface area contributed by atoms with Crippen LogP contribution < -0.4 is 0 Å². The third kappa shape index (κ3) is 9.10. The summed E-state index contributed by atoms with van der Waals surface area (Å²) in [6, 6.07) is 0. The third-order valence-electron chi connectivity index (χ3n) is 1.05. The molecule has 0 bridgehead atoms. The molecule has 0 aromatic rings. The molecule has 0 spiro atoms. The summed E-state index contributed by atoms with van der Waals surface area (Å²) in [7, 11) is 0. The molecule has 0 aromatic carbocycles. The number of ether oxygens (including phenoxy) is 1. The van der Waals surface area contributed by atoms with Gasteiger partial charge in [0.15, 0.2) is 0 Å². The summed E-state index contributed by atoms with van der Waals surface area (Å²) < 4.78 is 4.92. The summed E-state index contributed by atoms with van der Waals surface area (Å²) in [6.45, 7) is 2.36. The molecule has 0 aliphatic carbocycles. The second-order valence-corrected chi connectivity index (χ2v) is 2.17. The lowest BCUT2D eigenvalue weighted by atomic mass is 10.2. The minimum Gasteiger partial charge on any atom is -0.481 e. The van der Waals surface area contributed by atoms with Gasteiger partial charge in [0, 0.05) is 19.8 Å². The largest absolute Gasteiger partial charge is 0.481 e. The van der Waals surface area contributed by atoms with Crippen LogP contribution >= 0.6 is 0 Å². The van der Waals surface area contributed by atoms with Crippen LogP contribution in [0.5, 0.6) is 0 Å². The van der Waals surface area contributed by atoms with Gasteiger partial charge in [-0.2, -0.15) is 0 Å². The van der Waals surface area contributed by atoms with Gasteiger partial charge in [-0.05, 0) is 0 Å². The smallest absolute Gasteiger partial charge is 0.300 e. The Hall–Kier alpha value is -0.900. The highest BCUT2D eigenvalue weighted by molar-refractivity contribution is 5.78. The Morgan fingerprint density at radius 2 is 1.82 bits per heavy atom. The first-order chi connectivity index (χ1) is 5.13. The van der Waals surface area contributed by atoms with Crippen molar-refractivity contribution in [2.45, 2.75) is 19.8 Å². The molecule has 11 heavy (non-hydrogen) atoms. The Labute approximate surface area is 65.2 Å². The van der Waals surface area contributed by atoms with Gasteiger partial charge in [-0.15, -0.1) is 0 Å². The molecule has 1 heterocycles. The predicted octanol–water partition coefficient (Wildman–Crippen LogP) is 0.457. The lowest BCUT2D eigenvalue weighted by Gasteiger charge is -2.07. The Bertz CT molecular complexity index is 129. The van der Waals surface area contributed by atoms with E-state index >= 15 is 0 Å². The molecule has 0 atom stereocenters. The minimum atomic E-state index is -0.833. The van der Waals surface area contributed by atoms with E-state index in [2.05, 4.69) is 0 Å². The first-order valence-electron chi connectivity index (χ1n) is 3.42. The number of rotatable bonds is 0. The fraction of sp³-hybridized carbons (Fsp3) is 0.714. The number of hydrogen-bond acceptors (Lipinski definition) is 3. The zero-order valence-corrected chi connectivity index (χ0v) is 6.50. The van der Waals surface area contributed by atoms with Crippen molar-refractivity contribution >= 4 is 11.8 Å². The average molecular weight is 160 g/mol. The monoisotopic (exact) mass is 160 g/mol. The van der Waals surface area contributed by atoms with Crippen molar-refractivity contribution in [3.63, 3.8) is 0 Å². The number of ketones is 1. The first kappa shape index (κ1) is 10.1. The molecule has 64 valence electrons. The van der Waals surface area contributed by atoms with E-state index in [1.54, 1.807) is 0 Å². The van der Waals surface area contributed by atoms with Crippen LogP contribution in [0, 0.1) is 0 Å². The number of aliphatic carboxylic acids is 1. The maximum Gasteiger partial charge on any atom is 0.300 e. The molecular formula is C7H12O4. The van der Waals surface area contributed by atoms with Gasteiger partial charge in [0.05, 0.1) is 13.2 Å². The van der Waals surface area contributed by atoms with E-state index in [-0.39, 0.29) is 0 Å². The van der Waals surface area contributed by atoms with E-state index in [1.807, 2.05) is 0 Å². The number of carboxylic acids is 1. The van der Waals surface area contributed by atoms with E-state index < -0.39 is 5.97 Å². The summed E-state index contributed by atoms with van der Waals surface area (Å²) in [6.07, 6.45) is 1.25. The zero-order valence-electron chi connectivity index (χ0n) is 6.50. The maximum atomic E-state index is 10.4. The van der Waals surface area contributed by atoms with Crippen molar-refractivity contribution in [3.05, 3.63) is 0 Å². The SMILES string of the molecule is CC(=O)O.O=C1CCOCC1. The number of Topliss-reactive ketones (excluding diaryl/α,β-unsaturated/α-hetero) is 1. The predicted molar refractivity (Wildman–Crippen MR) is 38.4 cm³/mol. The van der Waals surface area contributed by atoms with Crippen LogP contribution in [0.1, 0.15) is 19.8 Å². The number of hydrogen-bond donors (Lipinski definition) is 1. The second kappa shape index (κ2) is 5.85. The van der Waals surface area contributed by atoms with Crippen LogP contribution in [0.25, 0.3) is 0 Å². The lowest BCUT2D eigenvalue weighted by molar-refractivity contribution is -0.134. The number of carboxylic acid groups (broad SMARTS) is 1. The summed E-state index contributed by atoms with van der Waals surface area (Å²) in [5, 5.41) is 7.42. The van der Waals surface area contributed by atoms with Crippen molar-refractivity contribution in [1.29, 1.82) is 0 Å². The molecule has 1 aliphatic heterocycles. The molecule has 0 aromatic heterocycles. The standard InChI is InChI=1S/C5H8O2.C2H4O2/c6-5-1-3-7-4-2-5;1-2(3)4/h1-4H2;1H3,(H,3,4). The third-order valence-corrected chi connectivity index (χ3v) is 1.05. The maximum absolute atomic E-state index is 10.4. The number of carbonyl (C=O) groups excluding carboxylic acids is 1. The van der Waals surface area contributed by atoms with E-state index in [9.17, 15) is 4.79 Å². The van der Waals surface area contributed by atoms with Gasteiger partial charge in [-0.25, -0.2) is 0 Å². The summed E-state index contributed by atoms with van der Waals surface area (Å²) in [4.78, 5) is 19.4. The Morgan fingerprint density at radius 3 is 2.00 bits per heavy atom. The fourth-order valence-corrected chi connectivity index (χ4v) is 0.599. The van der Waals surface area contributed by atoms with Crippen LogP contribution in [0.15, 0.2) is 0 Å². The van der Waals surface area contributed by atoms with E-state index in [1.165, 1.54) is 0 Å². The molecule has 4 nitrogen and oxygen atoms in total. The Kier molecular flexibility index (Phi) is 5.37. The molecule has 0 unspecified atom stereocenters. The van der Waals surface area contributed by atoms with Gasteiger partial charge in [0.1, 0.15) is 5.78 Å². The molecule has 1 rings (SSSR count). The second-order valence-electron chi connectivity index (χ2n) is 2.17. The van der Waals surface area contributed by atoms with Crippen molar-refractivity contribution in [1.82, 2.24) is 0 Å². The normalized spacial score (nSPS) is 16.6. The number of carbonyl (C=O) groups is 2. The van der Waals surface area contributed by atoms with Crippen molar-refractivity contribution in [2.75, 3.05) is 13.2 Å². The quantitative estimate of drug-likeness (QED) is 0.559. The van der Waals surface area contributed by atoms with Crippen molar-refractivity contribution in [2.24, 2.45) is 0 Å². The molecule has 1 N–H and O–H groups in total. The molecule has 0 saturated carbocycles. The van der Waals surface area contributed by atoms with Gasteiger partial charge in [-0.1, -0.05) is 0 Å². The zero-order chi connectivity index (χ0) is 8.69. The van der Waals surface area contributed by atoms with Gasteiger partial charge in [-0.3, -0.25) is 9.59 Å². The van der Waals surface area contributed by atoms with Crippen LogP contribution in [-0.2, 0) is 14.3 Å². The molecule has 1 fully saturated rings. The Balaban J connectivity index is 0.000000218.